The zero-order chi connectivity index (χ0) is 16.3. The Hall–Kier alpha value is -1.84. The molecule has 0 radical (unpaired) electrons. The number of amides is 2. The second-order valence-corrected chi connectivity index (χ2v) is 5.54. The number of carbonyl (C=O) groups is 2. The predicted octanol–water partition coefficient (Wildman–Crippen LogP) is 3.08. The summed E-state index contributed by atoms with van der Waals surface area (Å²) < 4.78 is 0. The van der Waals surface area contributed by atoms with Crippen molar-refractivity contribution in [3.8, 4) is 0 Å². The molecule has 0 aromatic rings. The molecule has 0 bridgehead atoms. The molecule has 21 heavy (non-hydrogen) atoms. The van der Waals surface area contributed by atoms with E-state index in [2.05, 4.69) is 38.0 Å². The van der Waals surface area contributed by atoms with Crippen molar-refractivity contribution < 1.29 is 9.59 Å². The molecule has 2 N–H and O–H groups in total. The van der Waals surface area contributed by atoms with Crippen LogP contribution in [0.4, 0.5) is 0 Å². The number of carbonyl (C=O) groups excluding carboxylic acids is 2. The van der Waals surface area contributed by atoms with Gasteiger partial charge < -0.3 is 5.32 Å². The van der Waals surface area contributed by atoms with E-state index >= 15 is 0 Å². The first-order valence-electron chi connectivity index (χ1n) is 7.50. The van der Waals surface area contributed by atoms with Gasteiger partial charge in [0.2, 0.25) is 11.8 Å². The molecule has 1 fully saturated rings. The fourth-order valence-corrected chi connectivity index (χ4v) is 1.60. The lowest BCUT2D eigenvalue weighted by molar-refractivity contribution is -0.134. The Kier molecular flexibility index (Phi) is 9.94. The maximum atomic E-state index is 11.6. The Morgan fingerprint density at radius 1 is 1.43 bits per heavy atom. The SMILES string of the molecule is C=C/C=C\C(=C/CC)NC1CCC(=O)NC1=O.CC(C)C. The molecular weight excluding hydrogens is 264 g/mol. The molecule has 0 spiro atoms. The zero-order valence-electron chi connectivity index (χ0n) is 13.6. The van der Waals surface area contributed by atoms with E-state index < -0.39 is 0 Å². The number of hydrogen-bond donors (Lipinski definition) is 2. The molecule has 1 saturated heterocycles. The molecule has 1 rings (SSSR count). The predicted molar refractivity (Wildman–Crippen MR) is 87.5 cm³/mol. The summed E-state index contributed by atoms with van der Waals surface area (Å²) in [5, 5.41) is 5.45. The van der Waals surface area contributed by atoms with Crippen LogP contribution in [0.5, 0.6) is 0 Å². The topological polar surface area (TPSA) is 58.2 Å². The van der Waals surface area contributed by atoms with E-state index in [4.69, 9.17) is 0 Å². The number of imide groups is 1. The highest BCUT2D eigenvalue weighted by Crippen LogP contribution is 2.07. The Morgan fingerprint density at radius 2 is 2.05 bits per heavy atom. The average Bonchev–Trinajstić information content (AvgIpc) is 2.38. The molecule has 1 aliphatic rings. The van der Waals surface area contributed by atoms with Crippen LogP contribution in [0, 0.1) is 5.92 Å². The summed E-state index contributed by atoms with van der Waals surface area (Å²) in [6.07, 6.45) is 9.12. The quantitative estimate of drug-likeness (QED) is 0.605. The number of hydrogen-bond acceptors (Lipinski definition) is 3. The largest absolute Gasteiger partial charge is 0.374 e. The summed E-state index contributed by atoms with van der Waals surface area (Å²) in [5.74, 6) is 0.381. The number of allylic oxidation sites excluding steroid dienone is 4. The van der Waals surface area contributed by atoms with Crippen LogP contribution in [0.15, 0.2) is 36.6 Å². The van der Waals surface area contributed by atoms with Gasteiger partial charge in [-0.2, -0.15) is 0 Å². The van der Waals surface area contributed by atoms with Gasteiger partial charge in [0, 0.05) is 12.1 Å². The highest BCUT2D eigenvalue weighted by atomic mass is 16.2. The molecule has 4 heteroatoms. The molecule has 0 aliphatic carbocycles. The lowest BCUT2D eigenvalue weighted by Gasteiger charge is -2.23. The van der Waals surface area contributed by atoms with Crippen molar-refractivity contribution in [3.63, 3.8) is 0 Å². The van der Waals surface area contributed by atoms with Crippen molar-refractivity contribution in [3.05, 3.63) is 36.6 Å². The molecule has 2 amide bonds. The van der Waals surface area contributed by atoms with E-state index in [1.165, 1.54) is 0 Å². The van der Waals surface area contributed by atoms with Gasteiger partial charge in [-0.25, -0.2) is 0 Å². The lowest BCUT2D eigenvalue weighted by Crippen LogP contribution is -2.50. The minimum atomic E-state index is -0.333. The fourth-order valence-electron chi connectivity index (χ4n) is 1.60. The van der Waals surface area contributed by atoms with Gasteiger partial charge in [-0.3, -0.25) is 14.9 Å². The molecule has 118 valence electrons. The zero-order valence-corrected chi connectivity index (χ0v) is 13.6. The van der Waals surface area contributed by atoms with E-state index in [0.29, 0.717) is 12.8 Å². The third-order valence-electron chi connectivity index (χ3n) is 2.42. The fraction of sp³-hybridized carbons (Fsp3) is 0.529. The lowest BCUT2D eigenvalue weighted by atomic mass is 10.1. The maximum absolute atomic E-state index is 11.6. The van der Waals surface area contributed by atoms with Crippen molar-refractivity contribution in [2.24, 2.45) is 5.92 Å². The Labute approximate surface area is 128 Å². The van der Waals surface area contributed by atoms with Crippen LogP contribution in [0.2, 0.25) is 0 Å². The second kappa shape index (κ2) is 10.9. The van der Waals surface area contributed by atoms with Gasteiger partial charge in [-0.15, -0.1) is 0 Å². The smallest absolute Gasteiger partial charge is 0.249 e. The van der Waals surface area contributed by atoms with E-state index in [1.807, 2.05) is 19.1 Å². The molecule has 0 saturated carbocycles. The molecule has 0 aromatic heterocycles. The van der Waals surface area contributed by atoms with Crippen molar-refractivity contribution in [2.75, 3.05) is 0 Å². The Balaban J connectivity index is 0.000000885. The third-order valence-corrected chi connectivity index (χ3v) is 2.42. The first-order valence-corrected chi connectivity index (χ1v) is 7.50. The summed E-state index contributed by atoms with van der Waals surface area (Å²) in [4.78, 5) is 22.6. The van der Waals surface area contributed by atoms with Gasteiger partial charge in [0.15, 0.2) is 0 Å². The highest BCUT2D eigenvalue weighted by Gasteiger charge is 2.26. The van der Waals surface area contributed by atoms with E-state index in [1.54, 1.807) is 12.2 Å². The Bertz CT molecular complexity index is 406. The van der Waals surface area contributed by atoms with Crippen molar-refractivity contribution in [1.82, 2.24) is 10.6 Å². The molecule has 4 nitrogen and oxygen atoms in total. The summed E-state index contributed by atoms with van der Waals surface area (Å²) in [6.45, 7) is 12.1. The molecule has 1 atom stereocenters. The van der Waals surface area contributed by atoms with Crippen LogP contribution < -0.4 is 10.6 Å². The molecule has 1 unspecified atom stereocenters. The van der Waals surface area contributed by atoms with E-state index in [-0.39, 0.29) is 17.9 Å². The van der Waals surface area contributed by atoms with Crippen molar-refractivity contribution in [2.45, 2.75) is 53.0 Å². The van der Waals surface area contributed by atoms with Gasteiger partial charge in [0.25, 0.3) is 0 Å². The number of nitrogens with one attached hydrogen (secondary N) is 2. The summed E-state index contributed by atoms with van der Waals surface area (Å²) in [6, 6.07) is -0.333. The van der Waals surface area contributed by atoms with Gasteiger partial charge in [-0.05, 0) is 24.8 Å². The minimum Gasteiger partial charge on any atom is -0.374 e. The van der Waals surface area contributed by atoms with Crippen LogP contribution in [0.3, 0.4) is 0 Å². The van der Waals surface area contributed by atoms with Crippen molar-refractivity contribution >= 4 is 11.8 Å². The summed E-state index contributed by atoms with van der Waals surface area (Å²) in [7, 11) is 0. The Morgan fingerprint density at radius 3 is 2.52 bits per heavy atom. The average molecular weight is 292 g/mol. The molecule has 1 heterocycles. The first-order chi connectivity index (χ1) is 9.90. The van der Waals surface area contributed by atoms with Crippen LogP contribution >= 0.6 is 0 Å². The van der Waals surface area contributed by atoms with E-state index in [9.17, 15) is 9.59 Å². The maximum Gasteiger partial charge on any atom is 0.249 e. The molecular formula is C17H28N2O2. The standard InChI is InChI=1S/C13H18N2O2.C4H10/c1-3-5-7-10(6-4-2)14-11-8-9-12(16)15-13(11)17;1-4(2)3/h3,5-7,11,14H,1,4,8-9H2,2H3,(H,15,16,17);4H,1-3H3/b7-5-,10-6+;. The summed E-state index contributed by atoms with van der Waals surface area (Å²) in [5.41, 5.74) is 0.877. The normalized spacial score (nSPS) is 19.1. The highest BCUT2D eigenvalue weighted by molar-refractivity contribution is 6.00. The van der Waals surface area contributed by atoms with Gasteiger partial charge in [-0.1, -0.05) is 52.5 Å². The van der Waals surface area contributed by atoms with Crippen LogP contribution in [0.25, 0.3) is 0 Å². The molecule has 0 aromatic carbocycles. The molecule has 1 aliphatic heterocycles. The van der Waals surface area contributed by atoms with Crippen LogP contribution in [-0.4, -0.2) is 17.9 Å². The van der Waals surface area contributed by atoms with Crippen LogP contribution in [-0.2, 0) is 9.59 Å². The summed E-state index contributed by atoms with van der Waals surface area (Å²) >= 11 is 0. The number of piperidine rings is 1. The minimum absolute atomic E-state index is 0.198. The van der Waals surface area contributed by atoms with Crippen molar-refractivity contribution in [1.29, 1.82) is 0 Å². The van der Waals surface area contributed by atoms with Gasteiger partial charge in [0.1, 0.15) is 6.04 Å². The van der Waals surface area contributed by atoms with E-state index in [0.717, 1.165) is 18.0 Å². The van der Waals surface area contributed by atoms with Gasteiger partial charge >= 0.3 is 0 Å². The third kappa shape index (κ3) is 9.66. The number of rotatable bonds is 5. The van der Waals surface area contributed by atoms with Crippen LogP contribution in [0.1, 0.15) is 47.0 Å². The van der Waals surface area contributed by atoms with Gasteiger partial charge in [0.05, 0.1) is 0 Å². The second-order valence-electron chi connectivity index (χ2n) is 5.54. The monoisotopic (exact) mass is 292 g/mol. The first kappa shape index (κ1) is 19.2.